The van der Waals surface area contributed by atoms with Crippen LogP contribution in [0.1, 0.15) is 37.6 Å². The Labute approximate surface area is 122 Å². The second-order valence-corrected chi connectivity index (χ2v) is 5.76. The van der Waals surface area contributed by atoms with Crippen LogP contribution in [0.4, 0.5) is 11.6 Å². The van der Waals surface area contributed by atoms with E-state index < -0.39 is 0 Å². The predicted molar refractivity (Wildman–Crippen MR) is 85.1 cm³/mol. The highest BCUT2D eigenvalue weighted by Crippen LogP contribution is 2.24. The molecule has 0 unspecified atom stereocenters. The van der Waals surface area contributed by atoms with Crippen molar-refractivity contribution in [3.8, 4) is 0 Å². The van der Waals surface area contributed by atoms with E-state index in [-0.39, 0.29) is 5.92 Å². The Balaban J connectivity index is 2.94. The number of nitrogens with zero attached hydrogens (tertiary/aromatic N) is 4. The van der Waals surface area contributed by atoms with Gasteiger partial charge in [-0.15, -0.1) is 0 Å². The number of anilines is 2. The maximum atomic E-state index is 5.56. The molecule has 3 N–H and O–H groups in total. The van der Waals surface area contributed by atoms with Crippen LogP contribution in [0.2, 0.25) is 0 Å². The van der Waals surface area contributed by atoms with Crippen LogP contribution in [0, 0.1) is 6.92 Å². The van der Waals surface area contributed by atoms with Crippen molar-refractivity contribution in [2.45, 2.75) is 33.1 Å². The van der Waals surface area contributed by atoms with E-state index in [1.165, 1.54) is 0 Å². The van der Waals surface area contributed by atoms with Crippen molar-refractivity contribution in [3.05, 3.63) is 11.4 Å². The Kier molecular flexibility index (Phi) is 6.16. The second-order valence-electron chi connectivity index (χ2n) is 5.76. The zero-order chi connectivity index (χ0) is 15.3. The SMILES string of the molecule is Cc1c(NN)nc(C(C)C)nc1N(C)CCCN(C)C. The molecule has 0 bridgehead atoms. The van der Waals surface area contributed by atoms with Crippen LogP contribution in [-0.4, -0.2) is 49.1 Å². The van der Waals surface area contributed by atoms with Gasteiger partial charge >= 0.3 is 0 Å². The number of aromatic nitrogens is 2. The summed E-state index contributed by atoms with van der Waals surface area (Å²) < 4.78 is 0. The summed E-state index contributed by atoms with van der Waals surface area (Å²) in [4.78, 5) is 13.5. The normalized spacial score (nSPS) is 11.2. The van der Waals surface area contributed by atoms with E-state index in [1.807, 2.05) is 6.92 Å². The molecule has 6 nitrogen and oxygen atoms in total. The van der Waals surface area contributed by atoms with Crippen molar-refractivity contribution >= 4 is 11.6 Å². The van der Waals surface area contributed by atoms with Crippen molar-refractivity contribution in [3.63, 3.8) is 0 Å². The van der Waals surface area contributed by atoms with Gasteiger partial charge in [0, 0.05) is 25.1 Å². The van der Waals surface area contributed by atoms with Crippen molar-refractivity contribution in [1.82, 2.24) is 14.9 Å². The van der Waals surface area contributed by atoms with Crippen LogP contribution < -0.4 is 16.2 Å². The van der Waals surface area contributed by atoms with Gasteiger partial charge in [-0.2, -0.15) is 0 Å². The van der Waals surface area contributed by atoms with Gasteiger partial charge in [-0.05, 0) is 34.0 Å². The van der Waals surface area contributed by atoms with Gasteiger partial charge in [0.05, 0.1) is 0 Å². The standard InChI is InChI=1S/C14H28N6/c1-10(2)12-16-13(18-15)11(3)14(17-12)20(6)9-7-8-19(4)5/h10H,7-9,15H2,1-6H3,(H,16,17,18). The molecule has 114 valence electrons. The first-order valence-corrected chi connectivity index (χ1v) is 7.07. The quantitative estimate of drug-likeness (QED) is 0.584. The van der Waals surface area contributed by atoms with Gasteiger partial charge in [-0.25, -0.2) is 15.8 Å². The largest absolute Gasteiger partial charge is 0.359 e. The summed E-state index contributed by atoms with van der Waals surface area (Å²) in [6, 6.07) is 0. The van der Waals surface area contributed by atoms with Gasteiger partial charge in [0.2, 0.25) is 0 Å². The first kappa shape index (κ1) is 16.7. The molecule has 1 heterocycles. The lowest BCUT2D eigenvalue weighted by atomic mass is 10.2. The lowest BCUT2D eigenvalue weighted by molar-refractivity contribution is 0.401. The summed E-state index contributed by atoms with van der Waals surface area (Å²) >= 11 is 0. The fraction of sp³-hybridized carbons (Fsp3) is 0.714. The summed E-state index contributed by atoms with van der Waals surface area (Å²) in [7, 11) is 6.24. The number of nitrogens with two attached hydrogens (primary N) is 1. The molecule has 1 aromatic heterocycles. The molecule has 0 atom stereocenters. The zero-order valence-corrected chi connectivity index (χ0v) is 13.6. The molecule has 1 rings (SSSR count). The van der Waals surface area contributed by atoms with E-state index in [2.05, 4.69) is 60.2 Å². The van der Waals surface area contributed by atoms with Gasteiger partial charge in [-0.3, -0.25) is 0 Å². The minimum absolute atomic E-state index is 0.275. The molecule has 20 heavy (non-hydrogen) atoms. The lowest BCUT2D eigenvalue weighted by Crippen LogP contribution is -2.26. The van der Waals surface area contributed by atoms with Crippen molar-refractivity contribution in [1.29, 1.82) is 0 Å². The summed E-state index contributed by atoms with van der Waals surface area (Å²) in [6.45, 7) is 8.18. The maximum absolute atomic E-state index is 5.56. The summed E-state index contributed by atoms with van der Waals surface area (Å²) in [5, 5.41) is 0. The van der Waals surface area contributed by atoms with Crippen LogP contribution in [0.3, 0.4) is 0 Å². The average molecular weight is 280 g/mol. The maximum Gasteiger partial charge on any atom is 0.148 e. The highest BCUT2D eigenvalue weighted by atomic mass is 15.3. The molecule has 0 aliphatic carbocycles. The van der Waals surface area contributed by atoms with E-state index in [9.17, 15) is 0 Å². The van der Waals surface area contributed by atoms with Gasteiger partial charge in [0.25, 0.3) is 0 Å². The fourth-order valence-electron chi connectivity index (χ4n) is 2.02. The molecule has 0 radical (unpaired) electrons. The number of nitrogen functional groups attached to an aromatic ring is 1. The third kappa shape index (κ3) is 4.31. The Morgan fingerprint density at radius 1 is 1.15 bits per heavy atom. The van der Waals surface area contributed by atoms with E-state index >= 15 is 0 Å². The van der Waals surface area contributed by atoms with Crippen LogP contribution in [0.5, 0.6) is 0 Å². The monoisotopic (exact) mass is 280 g/mol. The average Bonchev–Trinajstić information content (AvgIpc) is 2.38. The highest BCUT2D eigenvalue weighted by Gasteiger charge is 2.15. The first-order chi connectivity index (χ1) is 9.36. The van der Waals surface area contributed by atoms with E-state index in [1.54, 1.807) is 0 Å². The summed E-state index contributed by atoms with van der Waals surface area (Å²) in [5.74, 6) is 8.32. The van der Waals surface area contributed by atoms with E-state index in [0.717, 1.165) is 36.7 Å². The fourth-order valence-corrected chi connectivity index (χ4v) is 2.02. The summed E-state index contributed by atoms with van der Waals surface area (Å²) in [5.41, 5.74) is 3.66. The van der Waals surface area contributed by atoms with E-state index in [0.29, 0.717) is 5.82 Å². The van der Waals surface area contributed by atoms with Crippen LogP contribution in [0.15, 0.2) is 0 Å². The molecular formula is C14H28N6. The van der Waals surface area contributed by atoms with Crippen molar-refractivity contribution < 1.29 is 0 Å². The number of nitrogens with one attached hydrogen (secondary N) is 1. The van der Waals surface area contributed by atoms with Crippen molar-refractivity contribution in [2.24, 2.45) is 5.84 Å². The number of hydrazine groups is 1. The molecule has 1 aromatic rings. The highest BCUT2D eigenvalue weighted by molar-refractivity contribution is 5.58. The van der Waals surface area contributed by atoms with Gasteiger partial charge < -0.3 is 15.2 Å². The Morgan fingerprint density at radius 3 is 2.30 bits per heavy atom. The number of rotatable bonds is 7. The van der Waals surface area contributed by atoms with Gasteiger partial charge in [0.15, 0.2) is 0 Å². The molecule has 0 aliphatic heterocycles. The van der Waals surface area contributed by atoms with Crippen LogP contribution >= 0.6 is 0 Å². The first-order valence-electron chi connectivity index (χ1n) is 7.07. The predicted octanol–water partition coefficient (Wildman–Crippen LogP) is 1.58. The summed E-state index contributed by atoms with van der Waals surface area (Å²) in [6.07, 6.45) is 1.09. The topological polar surface area (TPSA) is 70.3 Å². The molecule has 0 saturated carbocycles. The van der Waals surface area contributed by atoms with Crippen LogP contribution in [0.25, 0.3) is 0 Å². The third-order valence-corrected chi connectivity index (χ3v) is 3.25. The molecule has 0 aromatic carbocycles. The molecule has 0 fully saturated rings. The molecule has 6 heteroatoms. The zero-order valence-electron chi connectivity index (χ0n) is 13.6. The number of hydrogen-bond acceptors (Lipinski definition) is 6. The van der Waals surface area contributed by atoms with Crippen molar-refractivity contribution in [2.75, 3.05) is 44.6 Å². The minimum atomic E-state index is 0.275. The molecular weight excluding hydrogens is 252 g/mol. The Bertz CT molecular complexity index is 430. The lowest BCUT2D eigenvalue weighted by Gasteiger charge is -2.23. The Morgan fingerprint density at radius 2 is 1.80 bits per heavy atom. The van der Waals surface area contributed by atoms with Crippen LogP contribution in [-0.2, 0) is 0 Å². The third-order valence-electron chi connectivity index (χ3n) is 3.25. The van der Waals surface area contributed by atoms with E-state index in [4.69, 9.17) is 5.84 Å². The number of hydrogen-bond donors (Lipinski definition) is 2. The molecule has 0 aliphatic rings. The minimum Gasteiger partial charge on any atom is -0.359 e. The Hall–Kier alpha value is -1.40. The molecule has 0 amide bonds. The molecule has 0 saturated heterocycles. The smallest absolute Gasteiger partial charge is 0.148 e. The van der Waals surface area contributed by atoms with Gasteiger partial charge in [0.1, 0.15) is 17.5 Å². The van der Waals surface area contributed by atoms with Gasteiger partial charge in [-0.1, -0.05) is 13.8 Å². The molecule has 0 spiro atoms. The second kappa shape index (κ2) is 7.40.